The van der Waals surface area contributed by atoms with Gasteiger partial charge in [-0.05, 0) is 50.6 Å². The smallest absolute Gasteiger partial charge is 0.139 e. The van der Waals surface area contributed by atoms with Gasteiger partial charge in [0.05, 0.1) is 0 Å². The minimum Gasteiger partial charge on any atom is -0.316 e. The van der Waals surface area contributed by atoms with E-state index in [4.69, 9.17) is 0 Å². The van der Waals surface area contributed by atoms with Gasteiger partial charge in [0.25, 0.3) is 0 Å². The third-order valence-corrected chi connectivity index (χ3v) is 4.04. The monoisotopic (exact) mass is 179 g/mol. The molecule has 0 amide bonds. The second-order valence-corrected chi connectivity index (χ2v) is 5.02. The van der Waals surface area contributed by atoms with Gasteiger partial charge in [-0.2, -0.15) is 0 Å². The zero-order valence-electron chi connectivity index (χ0n) is 7.96. The first kappa shape index (κ1) is 7.98. The quantitative estimate of drug-likeness (QED) is 0.690. The lowest BCUT2D eigenvalue weighted by Crippen LogP contribution is -2.18. The van der Waals surface area contributed by atoms with Crippen molar-refractivity contribution in [1.29, 1.82) is 0 Å². The predicted molar refractivity (Wildman–Crippen MR) is 50.3 cm³/mol. The normalized spacial score (nSPS) is 43.5. The summed E-state index contributed by atoms with van der Waals surface area (Å²) in [7, 11) is 0. The first-order valence-corrected chi connectivity index (χ1v) is 5.59. The minimum atomic E-state index is 0.449. The van der Waals surface area contributed by atoms with Crippen molar-refractivity contribution in [2.24, 2.45) is 23.7 Å². The molecule has 3 fully saturated rings. The molecule has 2 heteroatoms. The summed E-state index contributed by atoms with van der Waals surface area (Å²) in [5.41, 5.74) is 0. The van der Waals surface area contributed by atoms with E-state index < -0.39 is 0 Å². The summed E-state index contributed by atoms with van der Waals surface area (Å²) in [6, 6.07) is 0. The molecule has 1 saturated heterocycles. The van der Waals surface area contributed by atoms with Gasteiger partial charge < -0.3 is 5.32 Å². The van der Waals surface area contributed by atoms with Crippen LogP contribution in [0.5, 0.6) is 0 Å². The number of hydrogen-bond acceptors (Lipinski definition) is 2. The van der Waals surface area contributed by atoms with Crippen LogP contribution in [0.4, 0.5) is 0 Å². The Kier molecular flexibility index (Phi) is 1.72. The lowest BCUT2D eigenvalue weighted by molar-refractivity contribution is -0.124. The second kappa shape index (κ2) is 2.81. The van der Waals surface area contributed by atoms with Crippen LogP contribution in [-0.4, -0.2) is 18.9 Å². The maximum atomic E-state index is 11.8. The molecule has 2 saturated carbocycles. The van der Waals surface area contributed by atoms with Gasteiger partial charge >= 0.3 is 0 Å². The van der Waals surface area contributed by atoms with E-state index in [1.165, 1.54) is 38.8 Å². The highest BCUT2D eigenvalue weighted by atomic mass is 16.1. The molecular formula is C11H17NO. The van der Waals surface area contributed by atoms with Crippen LogP contribution < -0.4 is 5.32 Å². The topological polar surface area (TPSA) is 29.1 Å². The van der Waals surface area contributed by atoms with Crippen molar-refractivity contribution < 1.29 is 4.79 Å². The highest BCUT2D eigenvalue weighted by Gasteiger charge is 2.43. The number of rotatable bonds is 2. The van der Waals surface area contributed by atoms with Gasteiger partial charge in [0.15, 0.2) is 0 Å². The lowest BCUT2D eigenvalue weighted by Gasteiger charge is -2.08. The standard InChI is InChI=1S/C11H17NO/c13-11(7-1-2-7)8-3-9-5-12-6-10(9)4-8/h7-10,12H,1-6H2/t8?,9-,10+. The molecule has 3 aliphatic rings. The largest absolute Gasteiger partial charge is 0.316 e. The van der Waals surface area contributed by atoms with E-state index in [-0.39, 0.29) is 0 Å². The average molecular weight is 179 g/mol. The van der Waals surface area contributed by atoms with E-state index in [1.54, 1.807) is 0 Å². The number of ketones is 1. The van der Waals surface area contributed by atoms with Gasteiger partial charge in [0.2, 0.25) is 0 Å². The number of Topliss-reactive ketones (excluding diaryl/α,β-unsaturated/α-hetero) is 1. The second-order valence-electron chi connectivity index (χ2n) is 5.02. The van der Waals surface area contributed by atoms with E-state index in [0.717, 1.165) is 11.8 Å². The molecule has 1 unspecified atom stereocenters. The summed E-state index contributed by atoms with van der Waals surface area (Å²) in [4.78, 5) is 11.8. The molecule has 0 bridgehead atoms. The highest BCUT2D eigenvalue weighted by Crippen LogP contribution is 2.43. The average Bonchev–Trinajstić information content (AvgIpc) is 2.73. The van der Waals surface area contributed by atoms with Crippen molar-refractivity contribution in [2.75, 3.05) is 13.1 Å². The number of carbonyl (C=O) groups excluding carboxylic acids is 1. The maximum Gasteiger partial charge on any atom is 0.139 e. The van der Waals surface area contributed by atoms with E-state index in [0.29, 0.717) is 17.6 Å². The fourth-order valence-corrected chi connectivity index (χ4v) is 3.10. The third kappa shape index (κ3) is 1.32. The van der Waals surface area contributed by atoms with Gasteiger partial charge in [-0.25, -0.2) is 0 Å². The molecule has 3 rings (SSSR count). The summed E-state index contributed by atoms with van der Waals surface area (Å²) >= 11 is 0. The highest BCUT2D eigenvalue weighted by molar-refractivity contribution is 5.85. The van der Waals surface area contributed by atoms with Crippen LogP contribution in [0.1, 0.15) is 25.7 Å². The van der Waals surface area contributed by atoms with Crippen LogP contribution in [0, 0.1) is 23.7 Å². The third-order valence-electron chi connectivity index (χ3n) is 4.04. The molecular weight excluding hydrogens is 162 g/mol. The first-order valence-electron chi connectivity index (χ1n) is 5.59. The van der Waals surface area contributed by atoms with Crippen LogP contribution >= 0.6 is 0 Å². The zero-order chi connectivity index (χ0) is 8.84. The van der Waals surface area contributed by atoms with E-state index in [9.17, 15) is 4.79 Å². The number of carbonyl (C=O) groups is 1. The van der Waals surface area contributed by atoms with Crippen molar-refractivity contribution in [2.45, 2.75) is 25.7 Å². The van der Waals surface area contributed by atoms with E-state index in [2.05, 4.69) is 5.32 Å². The van der Waals surface area contributed by atoms with Crippen molar-refractivity contribution >= 4 is 5.78 Å². The Labute approximate surface area is 79.1 Å². The summed E-state index contributed by atoms with van der Waals surface area (Å²) in [5, 5.41) is 3.42. The van der Waals surface area contributed by atoms with Gasteiger partial charge in [-0.1, -0.05) is 0 Å². The fourth-order valence-electron chi connectivity index (χ4n) is 3.10. The van der Waals surface area contributed by atoms with Crippen LogP contribution in [0.3, 0.4) is 0 Å². The van der Waals surface area contributed by atoms with Gasteiger partial charge in [-0.3, -0.25) is 4.79 Å². The molecule has 0 aromatic heterocycles. The molecule has 2 nitrogen and oxygen atoms in total. The number of fused-ring (bicyclic) bond motifs is 1. The molecule has 2 aliphatic carbocycles. The molecule has 3 atom stereocenters. The molecule has 0 aromatic carbocycles. The van der Waals surface area contributed by atoms with Crippen LogP contribution in [-0.2, 0) is 4.79 Å². The van der Waals surface area contributed by atoms with Crippen LogP contribution in [0.15, 0.2) is 0 Å². The summed E-state index contributed by atoms with van der Waals surface area (Å²) in [6.45, 7) is 2.33. The van der Waals surface area contributed by atoms with E-state index in [1.807, 2.05) is 0 Å². The van der Waals surface area contributed by atoms with E-state index >= 15 is 0 Å². The molecule has 13 heavy (non-hydrogen) atoms. The Balaban J connectivity index is 1.65. The summed E-state index contributed by atoms with van der Waals surface area (Å²) in [5.74, 6) is 3.19. The minimum absolute atomic E-state index is 0.449. The van der Waals surface area contributed by atoms with Gasteiger partial charge in [0, 0.05) is 11.8 Å². The summed E-state index contributed by atoms with van der Waals surface area (Å²) in [6.07, 6.45) is 4.74. The maximum absolute atomic E-state index is 11.8. The molecule has 1 aliphatic heterocycles. The van der Waals surface area contributed by atoms with Crippen molar-refractivity contribution in [3.05, 3.63) is 0 Å². The van der Waals surface area contributed by atoms with Gasteiger partial charge in [-0.15, -0.1) is 0 Å². The van der Waals surface area contributed by atoms with Crippen molar-refractivity contribution in [3.63, 3.8) is 0 Å². The zero-order valence-corrected chi connectivity index (χ0v) is 7.96. The molecule has 72 valence electrons. The Morgan fingerprint density at radius 3 is 2.15 bits per heavy atom. The summed E-state index contributed by atoms with van der Waals surface area (Å²) < 4.78 is 0. The van der Waals surface area contributed by atoms with Crippen molar-refractivity contribution in [1.82, 2.24) is 5.32 Å². The van der Waals surface area contributed by atoms with Crippen molar-refractivity contribution in [3.8, 4) is 0 Å². The van der Waals surface area contributed by atoms with Gasteiger partial charge in [0.1, 0.15) is 5.78 Å². The Hall–Kier alpha value is -0.370. The Morgan fingerprint density at radius 2 is 1.62 bits per heavy atom. The molecule has 1 heterocycles. The lowest BCUT2D eigenvalue weighted by atomic mass is 9.97. The number of nitrogens with one attached hydrogen (secondary N) is 1. The molecule has 0 radical (unpaired) electrons. The Morgan fingerprint density at radius 1 is 1.00 bits per heavy atom. The SMILES string of the molecule is O=C(C1CC1)C1C[C@H]2CNC[C@H]2C1. The predicted octanol–water partition coefficient (Wildman–Crippen LogP) is 1.21. The van der Waals surface area contributed by atoms with Crippen LogP contribution in [0.2, 0.25) is 0 Å². The van der Waals surface area contributed by atoms with Crippen LogP contribution in [0.25, 0.3) is 0 Å². The molecule has 0 spiro atoms. The molecule has 1 N–H and O–H groups in total. The Bertz CT molecular complexity index is 222. The fraction of sp³-hybridized carbons (Fsp3) is 0.909. The number of hydrogen-bond donors (Lipinski definition) is 1. The first-order chi connectivity index (χ1) is 6.34. The molecule has 0 aromatic rings.